The fourth-order valence-corrected chi connectivity index (χ4v) is 9.52. The molecule has 5 aliphatic rings. The highest BCUT2D eigenvalue weighted by atomic mass is 16.3. The standard InChI is InChI=1S/C28H50N2O2/c1-4-5-6-13-29-14-16-30(17-15-29)24-19-28(3)20(18-25(24)31)7-8-21-22-9-10-26(32)27(22,2)12-11-23(21)28/h20-26,31-32H,4-19H2,1-3H3/t20-,21-,22-,23-,24-,25-,26-,27-,28-/m0/s1. The lowest BCUT2D eigenvalue weighted by molar-refractivity contribution is -0.155. The van der Waals surface area contributed by atoms with Crippen molar-refractivity contribution in [3.05, 3.63) is 0 Å². The third kappa shape index (κ3) is 3.89. The van der Waals surface area contributed by atoms with Gasteiger partial charge < -0.3 is 15.1 Å². The van der Waals surface area contributed by atoms with Crippen molar-refractivity contribution in [1.29, 1.82) is 0 Å². The maximum atomic E-state index is 11.2. The number of hydrogen-bond acceptors (Lipinski definition) is 4. The zero-order valence-corrected chi connectivity index (χ0v) is 21.1. The summed E-state index contributed by atoms with van der Waals surface area (Å²) in [6, 6.07) is 0.357. The van der Waals surface area contributed by atoms with E-state index in [2.05, 4.69) is 30.6 Å². The van der Waals surface area contributed by atoms with Gasteiger partial charge in [0.1, 0.15) is 0 Å². The van der Waals surface area contributed by atoms with Crippen molar-refractivity contribution in [1.82, 2.24) is 9.80 Å². The van der Waals surface area contributed by atoms with Crippen molar-refractivity contribution in [3.63, 3.8) is 0 Å². The number of unbranched alkanes of at least 4 members (excludes halogenated alkanes) is 2. The molecule has 1 heterocycles. The van der Waals surface area contributed by atoms with Gasteiger partial charge in [-0.15, -0.1) is 0 Å². The van der Waals surface area contributed by atoms with E-state index in [0.717, 1.165) is 43.7 Å². The lowest BCUT2D eigenvalue weighted by Crippen LogP contribution is -2.62. The first-order valence-electron chi connectivity index (χ1n) is 14.2. The van der Waals surface area contributed by atoms with Crippen LogP contribution in [0.1, 0.15) is 91.4 Å². The Bertz CT molecular complexity index is 649. The first kappa shape index (κ1) is 23.6. The number of aliphatic hydroxyl groups excluding tert-OH is 2. The second-order valence-electron chi connectivity index (χ2n) is 13.0. The summed E-state index contributed by atoms with van der Waals surface area (Å²) in [7, 11) is 0. The van der Waals surface area contributed by atoms with Crippen LogP contribution in [0.4, 0.5) is 0 Å². The molecule has 4 heteroatoms. The maximum absolute atomic E-state index is 11.2. The average Bonchev–Trinajstić information content (AvgIpc) is 3.09. The minimum atomic E-state index is -0.140. The van der Waals surface area contributed by atoms with Crippen molar-refractivity contribution < 1.29 is 10.2 Å². The van der Waals surface area contributed by atoms with Gasteiger partial charge in [-0.3, -0.25) is 4.90 Å². The molecule has 0 amide bonds. The highest BCUT2D eigenvalue weighted by Crippen LogP contribution is 2.66. The molecule has 0 aromatic rings. The largest absolute Gasteiger partial charge is 0.393 e. The van der Waals surface area contributed by atoms with Crippen molar-refractivity contribution in [3.8, 4) is 0 Å². The summed E-state index contributed by atoms with van der Waals surface area (Å²) in [5.41, 5.74) is 0.548. The van der Waals surface area contributed by atoms with Crippen LogP contribution in [0, 0.1) is 34.5 Å². The molecular weight excluding hydrogens is 396 g/mol. The summed E-state index contributed by atoms with van der Waals surface area (Å²) >= 11 is 0. The van der Waals surface area contributed by atoms with Gasteiger partial charge >= 0.3 is 0 Å². The Kier molecular flexibility index (Phi) is 6.73. The molecule has 0 aromatic heterocycles. The van der Waals surface area contributed by atoms with Crippen molar-refractivity contribution in [2.24, 2.45) is 34.5 Å². The van der Waals surface area contributed by atoms with Gasteiger partial charge in [-0.1, -0.05) is 33.6 Å². The van der Waals surface area contributed by atoms with Crippen LogP contribution in [-0.2, 0) is 0 Å². The summed E-state index contributed by atoms with van der Waals surface area (Å²) in [4.78, 5) is 5.31. The van der Waals surface area contributed by atoms with Gasteiger partial charge in [-0.2, -0.15) is 0 Å². The Labute approximate surface area is 197 Å². The van der Waals surface area contributed by atoms with E-state index in [1.54, 1.807) is 0 Å². The highest BCUT2D eigenvalue weighted by Gasteiger charge is 2.61. The van der Waals surface area contributed by atoms with Gasteiger partial charge in [0.15, 0.2) is 0 Å². The topological polar surface area (TPSA) is 46.9 Å². The summed E-state index contributed by atoms with van der Waals surface area (Å²) in [6.07, 6.45) is 13.4. The molecule has 0 aromatic carbocycles. The number of rotatable bonds is 5. The van der Waals surface area contributed by atoms with Crippen LogP contribution in [0.3, 0.4) is 0 Å². The Morgan fingerprint density at radius 1 is 0.844 bits per heavy atom. The zero-order chi connectivity index (χ0) is 22.5. The SMILES string of the molecule is CCCCCN1CCN([C@H]2C[C@@]3(C)[C@@H](CC[C@@H]4[C@@H]3CC[C@]3(C)[C@@H](O)CC[C@@H]43)C[C@@H]2O)CC1. The molecule has 32 heavy (non-hydrogen) atoms. The van der Waals surface area contributed by atoms with Gasteiger partial charge in [0, 0.05) is 32.2 Å². The molecule has 2 N–H and O–H groups in total. The first-order valence-corrected chi connectivity index (χ1v) is 14.2. The van der Waals surface area contributed by atoms with E-state index < -0.39 is 0 Å². The molecule has 0 unspecified atom stereocenters. The van der Waals surface area contributed by atoms with Gasteiger partial charge in [0.05, 0.1) is 12.2 Å². The van der Waals surface area contributed by atoms with Crippen LogP contribution in [0.25, 0.3) is 0 Å². The van der Waals surface area contributed by atoms with Crippen LogP contribution in [-0.4, -0.2) is 71.0 Å². The van der Waals surface area contributed by atoms with E-state index >= 15 is 0 Å². The van der Waals surface area contributed by atoms with E-state index in [0.29, 0.717) is 17.4 Å². The molecule has 5 rings (SSSR count). The van der Waals surface area contributed by atoms with Gasteiger partial charge in [-0.05, 0) is 98.8 Å². The lowest BCUT2D eigenvalue weighted by atomic mass is 9.44. The van der Waals surface area contributed by atoms with Crippen LogP contribution < -0.4 is 0 Å². The fourth-order valence-electron chi connectivity index (χ4n) is 9.52. The highest BCUT2D eigenvalue weighted by molar-refractivity contribution is 5.11. The maximum Gasteiger partial charge on any atom is 0.0698 e. The number of hydrogen-bond donors (Lipinski definition) is 2. The van der Waals surface area contributed by atoms with Gasteiger partial charge in [0.2, 0.25) is 0 Å². The Balaban J connectivity index is 1.26. The summed E-state index contributed by atoms with van der Waals surface area (Å²) in [6.45, 7) is 13.2. The van der Waals surface area contributed by atoms with Crippen LogP contribution >= 0.6 is 0 Å². The fraction of sp³-hybridized carbons (Fsp3) is 1.00. The third-order valence-corrected chi connectivity index (χ3v) is 11.6. The van der Waals surface area contributed by atoms with E-state index in [1.165, 1.54) is 77.4 Å². The Morgan fingerprint density at radius 3 is 2.34 bits per heavy atom. The zero-order valence-electron chi connectivity index (χ0n) is 21.1. The predicted molar refractivity (Wildman–Crippen MR) is 130 cm³/mol. The Morgan fingerprint density at radius 2 is 1.59 bits per heavy atom. The number of piperazine rings is 1. The molecule has 4 saturated carbocycles. The van der Waals surface area contributed by atoms with Gasteiger partial charge in [-0.25, -0.2) is 0 Å². The van der Waals surface area contributed by atoms with E-state index in [9.17, 15) is 10.2 Å². The molecule has 0 radical (unpaired) electrons. The summed E-state index contributed by atoms with van der Waals surface area (Å²) < 4.78 is 0. The lowest BCUT2D eigenvalue weighted by Gasteiger charge is -2.62. The molecular formula is C28H50N2O2. The molecule has 4 aliphatic carbocycles. The van der Waals surface area contributed by atoms with Gasteiger partial charge in [0.25, 0.3) is 0 Å². The smallest absolute Gasteiger partial charge is 0.0698 e. The number of fused-ring (bicyclic) bond motifs is 5. The van der Waals surface area contributed by atoms with Crippen LogP contribution in [0.15, 0.2) is 0 Å². The molecule has 1 saturated heterocycles. The summed E-state index contributed by atoms with van der Waals surface area (Å²) in [5, 5.41) is 22.0. The molecule has 0 bridgehead atoms. The summed E-state index contributed by atoms with van der Waals surface area (Å²) in [5.74, 6) is 3.03. The second-order valence-corrected chi connectivity index (χ2v) is 13.0. The van der Waals surface area contributed by atoms with Crippen molar-refractivity contribution in [2.75, 3.05) is 32.7 Å². The first-order chi connectivity index (χ1) is 15.4. The van der Waals surface area contributed by atoms with Crippen molar-refractivity contribution in [2.45, 2.75) is 110 Å². The van der Waals surface area contributed by atoms with Crippen LogP contribution in [0.5, 0.6) is 0 Å². The quantitative estimate of drug-likeness (QED) is 0.609. The third-order valence-electron chi connectivity index (χ3n) is 11.6. The molecule has 9 atom stereocenters. The minimum Gasteiger partial charge on any atom is -0.393 e. The number of nitrogens with zero attached hydrogens (tertiary/aromatic N) is 2. The minimum absolute atomic E-state index is 0.0754. The molecule has 1 aliphatic heterocycles. The molecule has 0 spiro atoms. The second kappa shape index (κ2) is 9.13. The van der Waals surface area contributed by atoms with Crippen molar-refractivity contribution >= 4 is 0 Å². The molecule has 5 fully saturated rings. The molecule has 4 nitrogen and oxygen atoms in total. The van der Waals surface area contributed by atoms with Crippen LogP contribution in [0.2, 0.25) is 0 Å². The Hall–Kier alpha value is -0.160. The monoisotopic (exact) mass is 446 g/mol. The van der Waals surface area contributed by atoms with E-state index in [4.69, 9.17) is 0 Å². The predicted octanol–water partition coefficient (Wildman–Crippen LogP) is 4.54. The number of aliphatic hydroxyl groups is 2. The van der Waals surface area contributed by atoms with E-state index in [1.807, 2.05) is 0 Å². The average molecular weight is 447 g/mol. The molecule has 184 valence electrons. The van der Waals surface area contributed by atoms with E-state index in [-0.39, 0.29) is 17.6 Å². The normalized spacial score (nSPS) is 50.0.